The van der Waals surface area contributed by atoms with Gasteiger partial charge in [0.25, 0.3) is 0 Å². The Kier molecular flexibility index (Phi) is 5.81. The maximum absolute atomic E-state index is 11.3. The van der Waals surface area contributed by atoms with Gasteiger partial charge in [-0.05, 0) is 11.5 Å². The molecule has 1 amide bonds. The van der Waals surface area contributed by atoms with Crippen LogP contribution in [0.1, 0.15) is 19.4 Å². The molecule has 6 nitrogen and oxygen atoms in total. The van der Waals surface area contributed by atoms with Crippen LogP contribution in [0.15, 0.2) is 30.3 Å². The normalized spacial score (nSPS) is 11.9. The average Bonchev–Trinajstić information content (AvgIpc) is 2.37. The van der Waals surface area contributed by atoms with Gasteiger partial charge in [-0.15, -0.1) is 0 Å². The van der Waals surface area contributed by atoms with Crippen LogP contribution in [0.4, 0.5) is 4.79 Å². The van der Waals surface area contributed by atoms with E-state index in [0.29, 0.717) is 0 Å². The summed E-state index contributed by atoms with van der Waals surface area (Å²) in [5.74, 6) is -1.41. The van der Waals surface area contributed by atoms with Crippen molar-refractivity contribution in [3.63, 3.8) is 0 Å². The summed E-state index contributed by atoms with van der Waals surface area (Å²) in [4.78, 5) is 26.9. The number of carbonyl (C=O) groups is 2. The molecule has 0 bridgehead atoms. The molecule has 6 heteroatoms. The van der Waals surface area contributed by atoms with Crippen molar-refractivity contribution in [3.8, 4) is 0 Å². The number of hydroxylamine groups is 1. The molecule has 0 fully saturated rings. The van der Waals surface area contributed by atoms with E-state index in [1.807, 2.05) is 35.8 Å². The third-order valence-corrected chi connectivity index (χ3v) is 2.33. The Morgan fingerprint density at radius 3 is 2.42 bits per heavy atom. The minimum atomic E-state index is -1.14. The van der Waals surface area contributed by atoms with Crippen LogP contribution >= 0.6 is 0 Å². The van der Waals surface area contributed by atoms with Gasteiger partial charge >= 0.3 is 12.1 Å². The van der Waals surface area contributed by atoms with E-state index in [4.69, 9.17) is 14.7 Å². The lowest BCUT2D eigenvalue weighted by atomic mass is 10.1. The first kappa shape index (κ1) is 15.0. The summed E-state index contributed by atoms with van der Waals surface area (Å²) >= 11 is 0. The minimum Gasteiger partial charge on any atom is -0.479 e. The molecule has 1 rings (SSSR count). The van der Waals surface area contributed by atoms with E-state index in [2.05, 4.69) is 0 Å². The smallest absolute Gasteiger partial charge is 0.431 e. The van der Waals surface area contributed by atoms with Crippen LogP contribution in [-0.2, 0) is 21.0 Å². The SMILES string of the molecule is CC(C)[C@@H](ONC(=O)OCc1ccccc1)C(=O)O. The third-order valence-electron chi connectivity index (χ3n) is 2.33. The fourth-order valence-corrected chi connectivity index (χ4v) is 1.34. The molecule has 2 N–H and O–H groups in total. The first-order valence-electron chi connectivity index (χ1n) is 5.86. The Morgan fingerprint density at radius 1 is 1.26 bits per heavy atom. The van der Waals surface area contributed by atoms with Crippen molar-refractivity contribution < 1.29 is 24.3 Å². The summed E-state index contributed by atoms with van der Waals surface area (Å²) in [5, 5.41) is 8.85. The summed E-state index contributed by atoms with van der Waals surface area (Å²) in [7, 11) is 0. The molecule has 0 heterocycles. The molecular weight excluding hydrogens is 250 g/mol. The largest absolute Gasteiger partial charge is 0.479 e. The minimum absolute atomic E-state index is 0.0927. The molecule has 0 saturated heterocycles. The third kappa shape index (κ3) is 5.39. The Morgan fingerprint density at radius 2 is 1.89 bits per heavy atom. The number of ether oxygens (including phenoxy) is 1. The zero-order chi connectivity index (χ0) is 14.3. The molecule has 19 heavy (non-hydrogen) atoms. The number of carboxylic acid groups (broad SMARTS) is 1. The van der Waals surface area contributed by atoms with Gasteiger partial charge in [0.05, 0.1) is 0 Å². The molecule has 0 unspecified atom stereocenters. The Balaban J connectivity index is 2.33. The van der Waals surface area contributed by atoms with Crippen LogP contribution in [-0.4, -0.2) is 23.3 Å². The van der Waals surface area contributed by atoms with E-state index < -0.39 is 18.2 Å². The predicted octanol–water partition coefficient (Wildman–Crippen LogP) is 1.95. The maximum Gasteiger partial charge on any atom is 0.431 e. The number of carbonyl (C=O) groups excluding carboxylic acids is 1. The highest BCUT2D eigenvalue weighted by Gasteiger charge is 2.23. The van der Waals surface area contributed by atoms with E-state index in [9.17, 15) is 9.59 Å². The van der Waals surface area contributed by atoms with Crippen molar-refractivity contribution in [2.24, 2.45) is 5.92 Å². The molecule has 0 spiro atoms. The molecule has 0 radical (unpaired) electrons. The lowest BCUT2D eigenvalue weighted by Crippen LogP contribution is -2.37. The second-order valence-electron chi connectivity index (χ2n) is 4.28. The number of hydrogen-bond acceptors (Lipinski definition) is 4. The van der Waals surface area contributed by atoms with Gasteiger partial charge in [0.15, 0.2) is 6.10 Å². The van der Waals surface area contributed by atoms with Gasteiger partial charge in [0.2, 0.25) is 0 Å². The molecule has 1 aromatic carbocycles. The Hall–Kier alpha value is -2.08. The lowest BCUT2D eigenvalue weighted by molar-refractivity contribution is -0.158. The van der Waals surface area contributed by atoms with Crippen LogP contribution in [0.25, 0.3) is 0 Å². The number of carboxylic acids is 1. The number of aliphatic carboxylic acids is 1. The molecule has 1 atom stereocenters. The first-order valence-corrected chi connectivity index (χ1v) is 5.86. The Labute approximate surface area is 111 Å². The highest BCUT2D eigenvalue weighted by atomic mass is 16.7. The van der Waals surface area contributed by atoms with Crippen molar-refractivity contribution in [1.29, 1.82) is 0 Å². The molecule has 0 aliphatic heterocycles. The zero-order valence-electron chi connectivity index (χ0n) is 10.8. The summed E-state index contributed by atoms with van der Waals surface area (Å²) < 4.78 is 4.87. The van der Waals surface area contributed by atoms with Gasteiger partial charge in [-0.2, -0.15) is 5.48 Å². The molecule has 0 saturated carbocycles. The van der Waals surface area contributed by atoms with Crippen molar-refractivity contribution in [3.05, 3.63) is 35.9 Å². The van der Waals surface area contributed by atoms with Crippen molar-refractivity contribution in [2.45, 2.75) is 26.6 Å². The predicted molar refractivity (Wildman–Crippen MR) is 67.1 cm³/mol. The monoisotopic (exact) mass is 267 g/mol. The quantitative estimate of drug-likeness (QED) is 0.769. The number of nitrogens with one attached hydrogen (secondary N) is 1. The van der Waals surface area contributed by atoms with E-state index in [-0.39, 0.29) is 12.5 Å². The second kappa shape index (κ2) is 7.38. The number of hydrogen-bond donors (Lipinski definition) is 2. The molecule has 104 valence electrons. The number of benzene rings is 1. The van der Waals surface area contributed by atoms with E-state index in [1.54, 1.807) is 13.8 Å². The maximum atomic E-state index is 11.3. The number of rotatable bonds is 6. The molecule has 0 aliphatic rings. The van der Waals surface area contributed by atoms with Gasteiger partial charge in [-0.3, -0.25) is 4.84 Å². The number of amides is 1. The van der Waals surface area contributed by atoms with Gasteiger partial charge in [-0.1, -0.05) is 44.2 Å². The summed E-state index contributed by atoms with van der Waals surface area (Å²) in [6, 6.07) is 9.12. The molecule has 1 aromatic rings. The van der Waals surface area contributed by atoms with E-state index >= 15 is 0 Å². The van der Waals surface area contributed by atoms with Crippen molar-refractivity contribution >= 4 is 12.1 Å². The van der Waals surface area contributed by atoms with Gasteiger partial charge in [0, 0.05) is 0 Å². The van der Waals surface area contributed by atoms with Gasteiger partial charge in [-0.25, -0.2) is 9.59 Å². The highest BCUT2D eigenvalue weighted by molar-refractivity contribution is 5.73. The summed E-state index contributed by atoms with van der Waals surface area (Å²) in [6.07, 6.45) is -1.93. The second-order valence-corrected chi connectivity index (χ2v) is 4.28. The topological polar surface area (TPSA) is 84.9 Å². The van der Waals surface area contributed by atoms with Crippen LogP contribution in [0.3, 0.4) is 0 Å². The van der Waals surface area contributed by atoms with Gasteiger partial charge in [0.1, 0.15) is 6.61 Å². The van der Waals surface area contributed by atoms with Crippen LogP contribution in [0.5, 0.6) is 0 Å². The molecule has 0 aliphatic carbocycles. The Bertz CT molecular complexity index is 418. The first-order chi connectivity index (χ1) is 9.00. The zero-order valence-corrected chi connectivity index (χ0v) is 10.8. The average molecular weight is 267 g/mol. The van der Waals surface area contributed by atoms with Crippen LogP contribution in [0.2, 0.25) is 0 Å². The highest BCUT2D eigenvalue weighted by Crippen LogP contribution is 2.05. The van der Waals surface area contributed by atoms with Crippen LogP contribution in [0, 0.1) is 5.92 Å². The fraction of sp³-hybridized carbons (Fsp3) is 0.385. The van der Waals surface area contributed by atoms with E-state index in [0.717, 1.165) is 5.56 Å². The van der Waals surface area contributed by atoms with E-state index in [1.165, 1.54) is 0 Å². The fourth-order valence-electron chi connectivity index (χ4n) is 1.34. The molecule has 0 aromatic heterocycles. The van der Waals surface area contributed by atoms with Crippen molar-refractivity contribution in [1.82, 2.24) is 5.48 Å². The van der Waals surface area contributed by atoms with Gasteiger partial charge < -0.3 is 9.84 Å². The summed E-state index contributed by atoms with van der Waals surface area (Å²) in [6.45, 7) is 3.45. The van der Waals surface area contributed by atoms with Crippen LogP contribution < -0.4 is 5.48 Å². The summed E-state index contributed by atoms with van der Waals surface area (Å²) in [5.41, 5.74) is 2.80. The van der Waals surface area contributed by atoms with Crippen molar-refractivity contribution in [2.75, 3.05) is 0 Å². The molecular formula is C13H17NO5. The lowest BCUT2D eigenvalue weighted by Gasteiger charge is -2.16. The standard InChI is InChI=1S/C13H17NO5/c1-9(2)11(12(15)16)19-14-13(17)18-8-10-6-4-3-5-7-10/h3-7,9,11H,8H2,1-2H3,(H,14,17)(H,15,16)/t11-/m1/s1.